The Labute approximate surface area is 125 Å². The highest BCUT2D eigenvalue weighted by molar-refractivity contribution is 7.80. The molecule has 104 valence electrons. The van der Waals surface area contributed by atoms with E-state index in [0.29, 0.717) is 4.99 Å². The molecule has 0 spiro atoms. The van der Waals surface area contributed by atoms with Crippen molar-refractivity contribution in [3.63, 3.8) is 0 Å². The van der Waals surface area contributed by atoms with Gasteiger partial charge in [0.05, 0.1) is 4.99 Å². The molecule has 1 aromatic carbocycles. The Hall–Kier alpha value is -0.640. The highest BCUT2D eigenvalue weighted by Gasteiger charge is 2.32. The molecule has 0 aromatic heterocycles. The molecule has 0 atom stereocenters. The molecule has 19 heavy (non-hydrogen) atoms. The van der Waals surface area contributed by atoms with E-state index in [4.69, 9.17) is 29.6 Å². The topological polar surface area (TPSA) is 29.3 Å². The van der Waals surface area contributed by atoms with Gasteiger partial charge in [-0.2, -0.15) is 0 Å². The number of aryl methyl sites for hydroxylation is 1. The van der Waals surface area contributed by atoms with Gasteiger partial charge in [0, 0.05) is 17.0 Å². The fraction of sp³-hybridized carbons (Fsp3) is 0.533. The largest absolute Gasteiger partial charge is 0.393 e. The molecular weight excluding hydrogens is 276 g/mol. The Bertz CT molecular complexity index is 479. The molecule has 2 nitrogen and oxygen atoms in total. The highest BCUT2D eigenvalue weighted by Crippen LogP contribution is 2.32. The van der Waals surface area contributed by atoms with Gasteiger partial charge in [0.2, 0.25) is 0 Å². The van der Waals surface area contributed by atoms with Crippen molar-refractivity contribution in [2.75, 3.05) is 13.1 Å². The van der Waals surface area contributed by atoms with Gasteiger partial charge in [-0.1, -0.05) is 42.9 Å². The molecule has 2 N–H and O–H groups in total. The first-order valence-corrected chi connectivity index (χ1v) is 7.47. The lowest BCUT2D eigenvalue weighted by atomic mass is 9.80. The van der Waals surface area contributed by atoms with E-state index in [0.717, 1.165) is 37.5 Å². The van der Waals surface area contributed by atoms with Gasteiger partial charge in [0.25, 0.3) is 0 Å². The third-order valence-electron chi connectivity index (χ3n) is 4.16. The van der Waals surface area contributed by atoms with E-state index in [9.17, 15) is 0 Å². The lowest BCUT2D eigenvalue weighted by Crippen LogP contribution is -2.44. The van der Waals surface area contributed by atoms with Crippen LogP contribution in [0.1, 0.15) is 30.9 Å². The molecule has 2 rings (SSSR count). The van der Waals surface area contributed by atoms with Crippen molar-refractivity contribution in [1.82, 2.24) is 4.90 Å². The number of hydrogen-bond donors (Lipinski definition) is 1. The molecule has 0 saturated carbocycles. The summed E-state index contributed by atoms with van der Waals surface area (Å²) in [5.74, 6) is 0. The van der Waals surface area contributed by atoms with Crippen molar-refractivity contribution < 1.29 is 0 Å². The van der Waals surface area contributed by atoms with Crippen LogP contribution in [0.3, 0.4) is 0 Å². The molecule has 1 saturated heterocycles. The summed E-state index contributed by atoms with van der Waals surface area (Å²) < 4.78 is 0. The van der Waals surface area contributed by atoms with Crippen LogP contribution in [0.25, 0.3) is 0 Å². The first-order chi connectivity index (χ1) is 8.90. The number of nitrogens with two attached hydrogens (primary N) is 1. The van der Waals surface area contributed by atoms with Crippen LogP contribution in [0.4, 0.5) is 0 Å². The van der Waals surface area contributed by atoms with Crippen molar-refractivity contribution in [2.45, 2.75) is 33.2 Å². The van der Waals surface area contributed by atoms with E-state index >= 15 is 0 Å². The van der Waals surface area contributed by atoms with Crippen LogP contribution < -0.4 is 5.73 Å². The highest BCUT2D eigenvalue weighted by atomic mass is 35.5. The molecule has 1 aliphatic heterocycles. The van der Waals surface area contributed by atoms with E-state index in [2.05, 4.69) is 30.9 Å². The zero-order chi connectivity index (χ0) is 14.0. The van der Waals surface area contributed by atoms with Gasteiger partial charge in [-0.05, 0) is 50.0 Å². The smallest absolute Gasteiger partial charge is 0.0788 e. The third kappa shape index (κ3) is 3.47. The van der Waals surface area contributed by atoms with Gasteiger partial charge < -0.3 is 5.73 Å². The zero-order valence-corrected chi connectivity index (χ0v) is 13.2. The summed E-state index contributed by atoms with van der Waals surface area (Å²) in [6, 6.07) is 6.27. The molecule has 0 bridgehead atoms. The summed E-state index contributed by atoms with van der Waals surface area (Å²) >= 11 is 11.5. The predicted octanol–water partition coefficient (Wildman–Crippen LogP) is 3.54. The Morgan fingerprint density at radius 3 is 2.58 bits per heavy atom. The molecule has 0 aliphatic carbocycles. The zero-order valence-electron chi connectivity index (χ0n) is 11.6. The van der Waals surface area contributed by atoms with Crippen LogP contribution in [0.5, 0.6) is 0 Å². The molecule has 0 radical (unpaired) electrons. The average Bonchev–Trinajstić information content (AvgIpc) is 2.35. The van der Waals surface area contributed by atoms with Crippen molar-refractivity contribution >= 4 is 28.8 Å². The SMILES string of the molecule is Cc1ccc(CN2CCC(C)(C(N)=S)CC2)c(Cl)c1. The maximum absolute atomic E-state index is 6.29. The molecule has 1 fully saturated rings. The fourth-order valence-electron chi connectivity index (χ4n) is 2.47. The summed E-state index contributed by atoms with van der Waals surface area (Å²) in [5, 5.41) is 0.864. The van der Waals surface area contributed by atoms with Crippen LogP contribution in [0, 0.1) is 12.3 Å². The number of benzene rings is 1. The van der Waals surface area contributed by atoms with Crippen molar-refractivity contribution in [1.29, 1.82) is 0 Å². The van der Waals surface area contributed by atoms with Crippen LogP contribution >= 0.6 is 23.8 Å². The van der Waals surface area contributed by atoms with Gasteiger partial charge in [0.1, 0.15) is 0 Å². The second kappa shape index (κ2) is 5.78. The summed E-state index contributed by atoms with van der Waals surface area (Å²) in [6.07, 6.45) is 2.07. The summed E-state index contributed by atoms with van der Waals surface area (Å²) in [7, 11) is 0. The number of nitrogens with zero attached hydrogens (tertiary/aromatic N) is 1. The second-order valence-corrected chi connectivity index (χ2v) is 6.64. The van der Waals surface area contributed by atoms with E-state index in [-0.39, 0.29) is 5.41 Å². The minimum atomic E-state index is 0.0307. The van der Waals surface area contributed by atoms with Crippen LogP contribution in [0.2, 0.25) is 5.02 Å². The quantitative estimate of drug-likeness (QED) is 0.865. The lowest BCUT2D eigenvalue weighted by molar-refractivity contribution is 0.158. The Morgan fingerprint density at radius 1 is 1.42 bits per heavy atom. The number of piperidine rings is 1. The molecule has 4 heteroatoms. The first-order valence-electron chi connectivity index (χ1n) is 6.68. The second-order valence-electron chi connectivity index (χ2n) is 5.80. The monoisotopic (exact) mass is 296 g/mol. The van der Waals surface area contributed by atoms with E-state index in [1.54, 1.807) is 0 Å². The standard InChI is InChI=1S/C15H21ClN2S/c1-11-3-4-12(13(16)9-11)10-18-7-5-15(2,6-8-18)14(17)19/h3-4,9H,5-8,10H2,1-2H3,(H2,17,19). The number of halogens is 1. The van der Waals surface area contributed by atoms with Gasteiger partial charge in [0.15, 0.2) is 0 Å². The van der Waals surface area contributed by atoms with Crippen LogP contribution in [-0.4, -0.2) is 23.0 Å². The van der Waals surface area contributed by atoms with Crippen molar-refractivity contribution in [3.8, 4) is 0 Å². The van der Waals surface area contributed by atoms with Gasteiger partial charge in [-0.3, -0.25) is 4.90 Å². The maximum Gasteiger partial charge on any atom is 0.0788 e. The van der Waals surface area contributed by atoms with Crippen LogP contribution in [-0.2, 0) is 6.54 Å². The molecule has 1 heterocycles. The number of likely N-dealkylation sites (tertiary alicyclic amines) is 1. The van der Waals surface area contributed by atoms with Gasteiger partial charge in [-0.25, -0.2) is 0 Å². The first kappa shape index (κ1) is 14.8. The molecule has 1 aromatic rings. The summed E-state index contributed by atoms with van der Waals surface area (Å²) in [5.41, 5.74) is 8.27. The van der Waals surface area contributed by atoms with E-state index < -0.39 is 0 Å². The minimum Gasteiger partial charge on any atom is -0.393 e. The Balaban J connectivity index is 1.98. The molecule has 0 amide bonds. The molecular formula is C15H21ClN2S. The van der Waals surface area contributed by atoms with Gasteiger partial charge >= 0.3 is 0 Å². The van der Waals surface area contributed by atoms with Crippen LogP contribution in [0.15, 0.2) is 18.2 Å². The third-order valence-corrected chi connectivity index (χ3v) is 5.00. The minimum absolute atomic E-state index is 0.0307. The average molecular weight is 297 g/mol. The fourth-order valence-corrected chi connectivity index (χ4v) is 2.97. The Kier molecular flexibility index (Phi) is 4.49. The molecule has 1 aliphatic rings. The summed E-state index contributed by atoms with van der Waals surface area (Å²) in [6.45, 7) is 7.19. The molecule has 0 unspecified atom stereocenters. The van der Waals surface area contributed by atoms with E-state index in [1.165, 1.54) is 11.1 Å². The number of thiocarbonyl (C=S) groups is 1. The lowest BCUT2D eigenvalue weighted by Gasteiger charge is -2.38. The van der Waals surface area contributed by atoms with Gasteiger partial charge in [-0.15, -0.1) is 0 Å². The number of rotatable bonds is 3. The maximum atomic E-state index is 6.29. The van der Waals surface area contributed by atoms with Crippen molar-refractivity contribution in [2.24, 2.45) is 11.1 Å². The predicted molar refractivity (Wildman–Crippen MR) is 85.6 cm³/mol. The Morgan fingerprint density at radius 2 is 2.05 bits per heavy atom. The van der Waals surface area contributed by atoms with Crippen molar-refractivity contribution in [3.05, 3.63) is 34.3 Å². The normalized spacial score (nSPS) is 19.3. The summed E-state index contributed by atoms with van der Waals surface area (Å²) in [4.78, 5) is 3.08. The number of hydrogen-bond acceptors (Lipinski definition) is 2. The van der Waals surface area contributed by atoms with E-state index in [1.807, 2.05) is 6.07 Å².